The van der Waals surface area contributed by atoms with Gasteiger partial charge in [-0.1, -0.05) is 39.8 Å². The number of amides is 1. The zero-order valence-corrected chi connectivity index (χ0v) is 17.5. The van der Waals surface area contributed by atoms with Gasteiger partial charge in [0.1, 0.15) is 24.1 Å². The number of hydrogen-bond donors (Lipinski definition) is 0. The molecule has 0 spiro atoms. The first-order chi connectivity index (χ1) is 13.8. The molecule has 2 aliphatic rings. The Balaban J connectivity index is 1.53. The van der Waals surface area contributed by atoms with Gasteiger partial charge in [-0.15, -0.1) is 0 Å². The van der Waals surface area contributed by atoms with Gasteiger partial charge in [0.15, 0.2) is 0 Å². The Kier molecular flexibility index (Phi) is 5.05. The highest BCUT2D eigenvalue weighted by molar-refractivity contribution is 5.89. The van der Waals surface area contributed by atoms with Crippen LogP contribution in [0.5, 0.6) is 0 Å². The van der Waals surface area contributed by atoms with E-state index in [0.717, 1.165) is 18.4 Å². The Hall–Kier alpha value is -2.50. The van der Waals surface area contributed by atoms with Crippen molar-refractivity contribution >= 4 is 11.9 Å². The van der Waals surface area contributed by atoms with Crippen molar-refractivity contribution in [3.8, 4) is 0 Å². The first-order valence-electron chi connectivity index (χ1n) is 10.4. The predicted molar refractivity (Wildman–Crippen MR) is 110 cm³/mol. The fraction of sp³-hybridized carbons (Fsp3) is 0.522. The van der Waals surface area contributed by atoms with Crippen LogP contribution in [0, 0.1) is 11.7 Å². The van der Waals surface area contributed by atoms with Crippen LogP contribution < -0.4 is 4.90 Å². The van der Waals surface area contributed by atoms with E-state index in [0.29, 0.717) is 30.2 Å². The van der Waals surface area contributed by atoms with Crippen molar-refractivity contribution in [2.75, 3.05) is 11.5 Å². The SMILES string of the molecule is CC(C)[C@H]1COC(=O)N1c1ccnc(C[C@@H](C)c2ccc(C3(C)CC3)cc2F)n1. The van der Waals surface area contributed by atoms with Crippen molar-refractivity contribution in [1.29, 1.82) is 0 Å². The molecular weight excluding hydrogens is 369 g/mol. The smallest absolute Gasteiger partial charge is 0.415 e. The number of hydrogen-bond acceptors (Lipinski definition) is 4. The summed E-state index contributed by atoms with van der Waals surface area (Å²) in [6, 6.07) is 7.31. The van der Waals surface area contributed by atoms with E-state index in [1.807, 2.05) is 19.1 Å². The summed E-state index contributed by atoms with van der Waals surface area (Å²) in [5.41, 5.74) is 1.90. The van der Waals surface area contributed by atoms with Gasteiger partial charge in [0.25, 0.3) is 0 Å². The van der Waals surface area contributed by atoms with Crippen LogP contribution >= 0.6 is 0 Å². The molecule has 154 valence electrons. The van der Waals surface area contributed by atoms with E-state index in [1.54, 1.807) is 23.2 Å². The highest BCUT2D eigenvalue weighted by atomic mass is 19.1. The van der Waals surface area contributed by atoms with Crippen LogP contribution in [0.4, 0.5) is 15.0 Å². The van der Waals surface area contributed by atoms with Gasteiger partial charge in [-0.3, -0.25) is 4.90 Å². The third-order valence-corrected chi connectivity index (χ3v) is 6.33. The molecular formula is C23H28FN3O2. The number of rotatable bonds is 6. The summed E-state index contributed by atoms with van der Waals surface area (Å²) >= 11 is 0. The molecule has 2 heterocycles. The average molecular weight is 397 g/mol. The Morgan fingerprint density at radius 3 is 2.69 bits per heavy atom. The van der Waals surface area contributed by atoms with Crippen LogP contribution in [0.3, 0.4) is 0 Å². The summed E-state index contributed by atoms with van der Waals surface area (Å²) < 4.78 is 20.0. The van der Waals surface area contributed by atoms with E-state index in [1.165, 1.54) is 0 Å². The number of carbonyl (C=O) groups excluding carboxylic acids is 1. The number of halogens is 1. The quantitative estimate of drug-likeness (QED) is 0.689. The van der Waals surface area contributed by atoms with Crippen LogP contribution in [-0.4, -0.2) is 28.7 Å². The summed E-state index contributed by atoms with van der Waals surface area (Å²) in [5, 5.41) is 0. The number of ether oxygens (including phenoxy) is 1. The predicted octanol–water partition coefficient (Wildman–Crippen LogP) is 4.99. The molecule has 1 saturated heterocycles. The second-order valence-electron chi connectivity index (χ2n) is 8.99. The maximum Gasteiger partial charge on any atom is 0.415 e. The minimum absolute atomic E-state index is 0.0450. The molecule has 0 bridgehead atoms. The van der Waals surface area contributed by atoms with E-state index in [9.17, 15) is 9.18 Å². The van der Waals surface area contributed by atoms with Gasteiger partial charge < -0.3 is 4.74 Å². The van der Waals surface area contributed by atoms with Crippen molar-refractivity contribution in [1.82, 2.24) is 9.97 Å². The second kappa shape index (κ2) is 7.39. The molecule has 0 N–H and O–H groups in total. The van der Waals surface area contributed by atoms with Gasteiger partial charge in [-0.05, 0) is 53.4 Å². The molecule has 2 aromatic rings. The fourth-order valence-corrected chi connectivity index (χ4v) is 3.97. The van der Waals surface area contributed by atoms with Gasteiger partial charge in [0.2, 0.25) is 0 Å². The summed E-state index contributed by atoms with van der Waals surface area (Å²) in [6.45, 7) is 8.63. The van der Waals surface area contributed by atoms with Crippen LogP contribution in [0.25, 0.3) is 0 Å². The van der Waals surface area contributed by atoms with E-state index in [-0.39, 0.29) is 35.2 Å². The number of anilines is 1. The van der Waals surface area contributed by atoms with Crippen LogP contribution in [-0.2, 0) is 16.6 Å². The number of benzene rings is 1. The van der Waals surface area contributed by atoms with Crippen LogP contribution in [0.1, 0.15) is 63.4 Å². The Morgan fingerprint density at radius 1 is 1.28 bits per heavy atom. The number of carbonyl (C=O) groups is 1. The summed E-state index contributed by atoms with van der Waals surface area (Å²) in [4.78, 5) is 22.8. The topological polar surface area (TPSA) is 55.3 Å². The summed E-state index contributed by atoms with van der Waals surface area (Å²) in [5.74, 6) is 1.15. The molecule has 1 amide bonds. The lowest BCUT2D eigenvalue weighted by Gasteiger charge is -2.23. The number of cyclic esters (lactones) is 1. The molecule has 1 aliphatic heterocycles. The van der Waals surface area contributed by atoms with Crippen molar-refractivity contribution < 1.29 is 13.9 Å². The molecule has 1 aromatic carbocycles. The van der Waals surface area contributed by atoms with Crippen LogP contribution in [0.15, 0.2) is 30.5 Å². The highest BCUT2D eigenvalue weighted by Crippen LogP contribution is 2.48. The molecule has 6 heteroatoms. The minimum Gasteiger partial charge on any atom is -0.447 e. The standard InChI is InChI=1S/C23H28FN3O2/c1-14(2)19-13-29-22(28)27(19)21-7-10-25-20(26-21)11-15(3)17-6-5-16(12-18(17)24)23(4)8-9-23/h5-7,10,12,14-15,19H,8-9,11,13H2,1-4H3/t15-,19-/m1/s1. The molecule has 0 unspecified atom stereocenters. The Morgan fingerprint density at radius 2 is 2.03 bits per heavy atom. The van der Waals surface area contributed by atoms with Crippen LogP contribution in [0.2, 0.25) is 0 Å². The number of aromatic nitrogens is 2. The Labute approximate surface area is 171 Å². The third kappa shape index (κ3) is 3.85. The molecule has 5 nitrogen and oxygen atoms in total. The van der Waals surface area contributed by atoms with E-state index >= 15 is 0 Å². The third-order valence-electron chi connectivity index (χ3n) is 6.33. The maximum absolute atomic E-state index is 14.8. The number of nitrogens with zero attached hydrogens (tertiary/aromatic N) is 3. The second-order valence-corrected chi connectivity index (χ2v) is 8.99. The largest absolute Gasteiger partial charge is 0.447 e. The monoisotopic (exact) mass is 397 g/mol. The van der Waals surface area contributed by atoms with Crippen molar-refractivity contribution in [2.45, 2.75) is 64.3 Å². The van der Waals surface area contributed by atoms with E-state index in [4.69, 9.17) is 4.74 Å². The molecule has 2 atom stereocenters. The van der Waals surface area contributed by atoms with Gasteiger partial charge >= 0.3 is 6.09 Å². The summed E-state index contributed by atoms with van der Waals surface area (Å²) in [7, 11) is 0. The highest BCUT2D eigenvalue weighted by Gasteiger charge is 2.39. The zero-order chi connectivity index (χ0) is 20.8. The van der Waals surface area contributed by atoms with Crippen molar-refractivity contribution in [2.24, 2.45) is 5.92 Å². The van der Waals surface area contributed by atoms with E-state index in [2.05, 4.69) is 30.7 Å². The molecule has 4 rings (SSSR count). The fourth-order valence-electron chi connectivity index (χ4n) is 3.97. The lowest BCUT2D eigenvalue weighted by atomic mass is 9.91. The van der Waals surface area contributed by atoms with Crippen molar-refractivity contribution in [3.05, 3.63) is 53.2 Å². The molecule has 2 fully saturated rings. The lowest BCUT2D eigenvalue weighted by Crippen LogP contribution is -2.37. The van der Waals surface area contributed by atoms with Gasteiger partial charge in [-0.2, -0.15) is 0 Å². The van der Waals surface area contributed by atoms with Gasteiger partial charge in [-0.25, -0.2) is 19.2 Å². The first-order valence-corrected chi connectivity index (χ1v) is 10.4. The lowest BCUT2D eigenvalue weighted by molar-refractivity contribution is 0.177. The van der Waals surface area contributed by atoms with Gasteiger partial charge in [0.05, 0.1) is 6.04 Å². The van der Waals surface area contributed by atoms with Crippen molar-refractivity contribution in [3.63, 3.8) is 0 Å². The Bertz CT molecular complexity index is 926. The average Bonchev–Trinajstić information content (AvgIpc) is 3.31. The molecule has 1 aliphatic carbocycles. The normalized spacial score (nSPS) is 21.4. The molecule has 1 aromatic heterocycles. The summed E-state index contributed by atoms with van der Waals surface area (Å²) in [6.07, 6.45) is 4.02. The molecule has 29 heavy (non-hydrogen) atoms. The minimum atomic E-state index is -0.378. The molecule has 0 radical (unpaired) electrons. The maximum atomic E-state index is 14.8. The molecule has 1 saturated carbocycles. The van der Waals surface area contributed by atoms with Gasteiger partial charge in [0, 0.05) is 12.6 Å². The first kappa shape index (κ1) is 19.8. The van der Waals surface area contributed by atoms with E-state index < -0.39 is 0 Å². The zero-order valence-electron chi connectivity index (χ0n) is 17.5.